The van der Waals surface area contributed by atoms with Gasteiger partial charge in [0.25, 0.3) is 0 Å². The van der Waals surface area contributed by atoms with Gasteiger partial charge in [-0.15, -0.1) is 0 Å². The summed E-state index contributed by atoms with van der Waals surface area (Å²) >= 11 is 0. The summed E-state index contributed by atoms with van der Waals surface area (Å²) < 4.78 is 38.8. The van der Waals surface area contributed by atoms with Crippen LogP contribution >= 0.6 is 0 Å². The van der Waals surface area contributed by atoms with E-state index >= 15 is 0 Å². The quantitative estimate of drug-likeness (QED) is 0.900. The van der Waals surface area contributed by atoms with E-state index in [4.69, 9.17) is 0 Å². The van der Waals surface area contributed by atoms with E-state index in [9.17, 15) is 18.0 Å². The molecule has 1 N–H and O–H groups in total. The molecule has 0 aromatic heterocycles. The Balaban J connectivity index is 2.07. The van der Waals surface area contributed by atoms with Gasteiger partial charge >= 0.3 is 6.18 Å². The van der Waals surface area contributed by atoms with Gasteiger partial charge in [-0.1, -0.05) is 32.0 Å². The normalized spacial score (nSPS) is 21.9. The van der Waals surface area contributed by atoms with E-state index < -0.39 is 11.7 Å². The summed E-state index contributed by atoms with van der Waals surface area (Å²) in [6.07, 6.45) is -3.87. The molecule has 1 aromatic carbocycles. The molecule has 1 aromatic rings. The minimum absolute atomic E-state index is 0.138. The van der Waals surface area contributed by atoms with Crippen molar-refractivity contribution in [3.63, 3.8) is 0 Å². The van der Waals surface area contributed by atoms with Crippen LogP contribution in [0.5, 0.6) is 0 Å². The Hall–Kier alpha value is -1.52. The summed E-state index contributed by atoms with van der Waals surface area (Å²) in [5.41, 5.74) is -0.381. The Bertz CT molecular complexity index is 496. The molecule has 0 aliphatic heterocycles. The molecule has 2 nitrogen and oxygen atoms in total. The summed E-state index contributed by atoms with van der Waals surface area (Å²) in [7, 11) is 0. The van der Waals surface area contributed by atoms with E-state index in [1.165, 1.54) is 12.1 Å². The number of halogens is 3. The van der Waals surface area contributed by atoms with Crippen molar-refractivity contribution in [1.29, 1.82) is 0 Å². The third-order valence-corrected chi connectivity index (χ3v) is 3.48. The van der Waals surface area contributed by atoms with Crippen LogP contribution < -0.4 is 5.32 Å². The smallest absolute Gasteiger partial charge is 0.356 e. The number of benzene rings is 1. The second-order valence-corrected chi connectivity index (χ2v) is 5.67. The van der Waals surface area contributed by atoms with Crippen molar-refractivity contribution in [1.82, 2.24) is 5.32 Å². The lowest BCUT2D eigenvalue weighted by Gasteiger charge is -2.12. The predicted molar refractivity (Wildman–Crippen MR) is 70.1 cm³/mol. The van der Waals surface area contributed by atoms with Crippen molar-refractivity contribution in [2.24, 2.45) is 11.8 Å². The average molecular weight is 285 g/mol. The summed E-state index contributed by atoms with van der Waals surface area (Å²) in [6.45, 7) is 4.51. The Morgan fingerprint density at radius 2 is 2.00 bits per heavy atom. The van der Waals surface area contributed by atoms with Gasteiger partial charge in [-0.25, -0.2) is 0 Å². The third-order valence-electron chi connectivity index (χ3n) is 3.48. The maximum Gasteiger partial charge on any atom is 0.416 e. The summed E-state index contributed by atoms with van der Waals surface area (Å²) in [4.78, 5) is 11.9. The molecule has 2 rings (SSSR count). The van der Waals surface area contributed by atoms with Crippen LogP contribution in [-0.2, 0) is 11.0 Å². The second-order valence-electron chi connectivity index (χ2n) is 5.67. The van der Waals surface area contributed by atoms with Crippen molar-refractivity contribution >= 4 is 5.91 Å². The molecule has 0 bridgehead atoms. The summed E-state index contributed by atoms with van der Waals surface area (Å²) in [5.74, 6) is -0.434. The number of hydrogen-bond acceptors (Lipinski definition) is 1. The SMILES string of the molecule is CC(C)CNC(=O)C1CC1c1ccccc1C(F)(F)F. The number of alkyl halides is 3. The molecule has 110 valence electrons. The Labute approximate surface area is 116 Å². The number of amides is 1. The number of carbonyl (C=O) groups excluding carboxylic acids is 1. The average Bonchev–Trinajstić information content (AvgIpc) is 3.15. The highest BCUT2D eigenvalue weighted by Crippen LogP contribution is 2.50. The molecule has 1 fully saturated rings. The Morgan fingerprint density at radius 1 is 1.35 bits per heavy atom. The first-order valence-electron chi connectivity index (χ1n) is 6.74. The first-order chi connectivity index (χ1) is 9.30. The maximum atomic E-state index is 12.9. The Morgan fingerprint density at radius 3 is 2.60 bits per heavy atom. The topological polar surface area (TPSA) is 29.1 Å². The molecular formula is C15H18F3NO. The molecule has 1 amide bonds. The second kappa shape index (κ2) is 5.46. The van der Waals surface area contributed by atoms with Crippen molar-refractivity contribution in [3.05, 3.63) is 35.4 Å². The van der Waals surface area contributed by atoms with E-state index in [1.807, 2.05) is 13.8 Å². The number of carbonyl (C=O) groups is 1. The standard InChI is InChI=1S/C15H18F3NO/c1-9(2)8-19-14(20)12-7-11(12)10-5-3-4-6-13(10)15(16,17)18/h3-6,9,11-12H,7-8H2,1-2H3,(H,19,20). The predicted octanol–water partition coefficient (Wildman–Crippen LogP) is 3.58. The van der Waals surface area contributed by atoms with Gasteiger partial charge in [0, 0.05) is 12.5 Å². The lowest BCUT2D eigenvalue weighted by atomic mass is 10.0. The highest BCUT2D eigenvalue weighted by molar-refractivity contribution is 5.83. The molecule has 5 heteroatoms. The molecular weight excluding hydrogens is 267 g/mol. The lowest BCUT2D eigenvalue weighted by Crippen LogP contribution is -2.29. The van der Waals surface area contributed by atoms with Gasteiger partial charge in [-0.3, -0.25) is 4.79 Å². The van der Waals surface area contributed by atoms with Crippen LogP contribution in [-0.4, -0.2) is 12.5 Å². The van der Waals surface area contributed by atoms with Gasteiger partial charge in [0.2, 0.25) is 5.91 Å². The lowest BCUT2D eigenvalue weighted by molar-refractivity contribution is -0.138. The fraction of sp³-hybridized carbons (Fsp3) is 0.533. The van der Waals surface area contributed by atoms with Crippen LogP contribution in [0.1, 0.15) is 37.3 Å². The minimum atomic E-state index is -4.36. The van der Waals surface area contributed by atoms with Crippen LogP contribution in [0, 0.1) is 11.8 Å². The van der Waals surface area contributed by atoms with Crippen molar-refractivity contribution < 1.29 is 18.0 Å². The molecule has 2 unspecified atom stereocenters. The fourth-order valence-electron chi connectivity index (χ4n) is 2.34. The zero-order chi connectivity index (χ0) is 14.9. The maximum absolute atomic E-state index is 12.9. The molecule has 0 saturated heterocycles. The van der Waals surface area contributed by atoms with E-state index in [0.717, 1.165) is 6.07 Å². The minimum Gasteiger partial charge on any atom is -0.356 e. The van der Waals surface area contributed by atoms with Gasteiger partial charge in [-0.2, -0.15) is 13.2 Å². The van der Waals surface area contributed by atoms with Crippen LogP contribution in [0.15, 0.2) is 24.3 Å². The molecule has 1 saturated carbocycles. The zero-order valence-electron chi connectivity index (χ0n) is 11.5. The zero-order valence-corrected chi connectivity index (χ0v) is 11.5. The van der Waals surface area contributed by atoms with Gasteiger partial charge in [0.05, 0.1) is 5.56 Å². The van der Waals surface area contributed by atoms with Crippen LogP contribution in [0.25, 0.3) is 0 Å². The highest BCUT2D eigenvalue weighted by atomic mass is 19.4. The summed E-state index contributed by atoms with van der Waals surface area (Å²) in [5, 5.41) is 2.78. The first-order valence-corrected chi connectivity index (χ1v) is 6.74. The molecule has 0 heterocycles. The van der Waals surface area contributed by atoms with E-state index in [2.05, 4.69) is 5.32 Å². The van der Waals surface area contributed by atoms with Gasteiger partial charge in [-0.05, 0) is 29.9 Å². The highest BCUT2D eigenvalue weighted by Gasteiger charge is 2.47. The number of rotatable bonds is 4. The van der Waals surface area contributed by atoms with Crippen molar-refractivity contribution in [2.75, 3.05) is 6.54 Å². The van der Waals surface area contributed by atoms with Gasteiger partial charge in [0.1, 0.15) is 0 Å². The van der Waals surface area contributed by atoms with Gasteiger partial charge in [0.15, 0.2) is 0 Å². The first kappa shape index (κ1) is 14.9. The molecule has 0 radical (unpaired) electrons. The van der Waals surface area contributed by atoms with Crippen LogP contribution in [0.4, 0.5) is 13.2 Å². The number of nitrogens with one attached hydrogen (secondary N) is 1. The largest absolute Gasteiger partial charge is 0.416 e. The van der Waals surface area contributed by atoms with E-state index in [-0.39, 0.29) is 23.3 Å². The third kappa shape index (κ3) is 3.32. The molecule has 0 spiro atoms. The number of hydrogen-bond donors (Lipinski definition) is 1. The van der Waals surface area contributed by atoms with Crippen LogP contribution in [0.2, 0.25) is 0 Å². The Kier molecular flexibility index (Phi) is 4.06. The summed E-state index contributed by atoms with van der Waals surface area (Å²) in [6, 6.07) is 5.52. The monoisotopic (exact) mass is 285 g/mol. The van der Waals surface area contributed by atoms with Gasteiger partial charge < -0.3 is 5.32 Å². The van der Waals surface area contributed by atoms with Crippen molar-refractivity contribution in [2.45, 2.75) is 32.4 Å². The molecule has 20 heavy (non-hydrogen) atoms. The van der Waals surface area contributed by atoms with E-state index in [0.29, 0.717) is 18.9 Å². The molecule has 1 aliphatic carbocycles. The molecule has 2 atom stereocenters. The molecule has 1 aliphatic rings. The van der Waals surface area contributed by atoms with Crippen LogP contribution in [0.3, 0.4) is 0 Å². The van der Waals surface area contributed by atoms with E-state index in [1.54, 1.807) is 6.07 Å². The fourth-order valence-corrected chi connectivity index (χ4v) is 2.34. The van der Waals surface area contributed by atoms with Crippen molar-refractivity contribution in [3.8, 4) is 0 Å².